The van der Waals surface area contributed by atoms with Crippen LogP contribution in [0.5, 0.6) is 5.75 Å². The number of aliphatic hydroxyl groups is 1. The van der Waals surface area contributed by atoms with E-state index in [2.05, 4.69) is 10.6 Å². The van der Waals surface area contributed by atoms with Gasteiger partial charge >= 0.3 is 0 Å². The molecule has 0 aliphatic heterocycles. The summed E-state index contributed by atoms with van der Waals surface area (Å²) >= 11 is 1.57. The van der Waals surface area contributed by atoms with Crippen LogP contribution in [0.1, 0.15) is 4.88 Å². The highest BCUT2D eigenvalue weighted by atomic mass is 32.1. The summed E-state index contributed by atoms with van der Waals surface area (Å²) in [4.78, 5) is 12.9. The fourth-order valence-corrected chi connectivity index (χ4v) is 2.40. The van der Waals surface area contributed by atoms with Gasteiger partial charge in [0.05, 0.1) is 25.4 Å². The molecule has 2 aromatic rings. The topological polar surface area (TPSA) is 70.6 Å². The third kappa shape index (κ3) is 5.01. The van der Waals surface area contributed by atoms with E-state index in [0.29, 0.717) is 12.2 Å². The third-order valence-electron chi connectivity index (χ3n) is 2.77. The molecule has 0 fully saturated rings. The van der Waals surface area contributed by atoms with Crippen LogP contribution in [0, 0.1) is 5.82 Å². The van der Waals surface area contributed by atoms with Crippen molar-refractivity contribution < 1.29 is 19.0 Å². The van der Waals surface area contributed by atoms with Gasteiger partial charge in [0.1, 0.15) is 18.2 Å². The van der Waals surface area contributed by atoms with Gasteiger partial charge < -0.3 is 20.5 Å². The molecule has 0 atom stereocenters. The fraction of sp³-hybridized carbons (Fsp3) is 0.267. The quantitative estimate of drug-likeness (QED) is 0.694. The molecule has 0 saturated heterocycles. The van der Waals surface area contributed by atoms with E-state index in [1.807, 2.05) is 17.5 Å². The van der Waals surface area contributed by atoms with E-state index in [0.717, 1.165) is 4.88 Å². The van der Waals surface area contributed by atoms with Gasteiger partial charge in [0.15, 0.2) is 0 Å². The Kier molecular flexibility index (Phi) is 6.17. The zero-order valence-corrected chi connectivity index (χ0v) is 12.7. The number of hydrogen-bond donors (Lipinski definition) is 3. The fourth-order valence-electron chi connectivity index (χ4n) is 1.75. The summed E-state index contributed by atoms with van der Waals surface area (Å²) in [5, 5.41) is 16.4. The van der Waals surface area contributed by atoms with Crippen molar-refractivity contribution >= 4 is 22.9 Å². The van der Waals surface area contributed by atoms with Gasteiger partial charge in [-0.3, -0.25) is 4.79 Å². The Morgan fingerprint density at radius 3 is 2.95 bits per heavy atom. The Morgan fingerprint density at radius 1 is 1.36 bits per heavy atom. The van der Waals surface area contributed by atoms with E-state index in [9.17, 15) is 9.18 Å². The first-order chi connectivity index (χ1) is 10.7. The van der Waals surface area contributed by atoms with Crippen LogP contribution in [0.4, 0.5) is 10.1 Å². The van der Waals surface area contributed by atoms with Gasteiger partial charge in [0.2, 0.25) is 5.91 Å². The van der Waals surface area contributed by atoms with Crippen LogP contribution < -0.4 is 15.4 Å². The number of aliphatic hydroxyl groups excluding tert-OH is 1. The Balaban J connectivity index is 1.86. The predicted octanol–water partition coefficient (Wildman–Crippen LogP) is 1.99. The number of thiophene rings is 1. The molecular weight excluding hydrogens is 307 g/mol. The molecule has 5 nitrogen and oxygen atoms in total. The monoisotopic (exact) mass is 324 g/mol. The van der Waals surface area contributed by atoms with Crippen LogP contribution in [-0.2, 0) is 11.3 Å². The summed E-state index contributed by atoms with van der Waals surface area (Å²) in [6.07, 6.45) is 0. The SMILES string of the molecule is O=C(CNc1ccc(F)cc1OCCO)NCc1cccs1. The zero-order valence-electron chi connectivity index (χ0n) is 11.8. The smallest absolute Gasteiger partial charge is 0.239 e. The number of halogens is 1. The predicted molar refractivity (Wildman–Crippen MR) is 83.6 cm³/mol. The zero-order chi connectivity index (χ0) is 15.8. The minimum Gasteiger partial charge on any atom is -0.489 e. The van der Waals surface area contributed by atoms with Crippen molar-refractivity contribution in [2.75, 3.05) is 25.1 Å². The first kappa shape index (κ1) is 16.3. The molecule has 1 aromatic heterocycles. The second-order valence-electron chi connectivity index (χ2n) is 4.42. The molecular formula is C15H17FN2O3S. The Labute approximate surface area is 131 Å². The molecule has 3 N–H and O–H groups in total. The Morgan fingerprint density at radius 2 is 2.23 bits per heavy atom. The maximum Gasteiger partial charge on any atom is 0.239 e. The second kappa shape index (κ2) is 8.35. The normalized spacial score (nSPS) is 10.3. The number of carbonyl (C=O) groups is 1. The average molecular weight is 324 g/mol. The minimum absolute atomic E-state index is 0.0481. The summed E-state index contributed by atoms with van der Waals surface area (Å²) in [7, 11) is 0. The molecule has 1 heterocycles. The van der Waals surface area contributed by atoms with Crippen molar-refractivity contribution in [2.24, 2.45) is 0 Å². The highest BCUT2D eigenvalue weighted by molar-refractivity contribution is 7.09. The number of hydrogen-bond acceptors (Lipinski definition) is 5. The van der Waals surface area contributed by atoms with Crippen molar-refractivity contribution in [3.8, 4) is 5.75 Å². The molecule has 1 aromatic carbocycles. The van der Waals surface area contributed by atoms with Crippen molar-refractivity contribution in [3.63, 3.8) is 0 Å². The van der Waals surface area contributed by atoms with E-state index >= 15 is 0 Å². The van der Waals surface area contributed by atoms with Gasteiger partial charge in [-0.05, 0) is 23.6 Å². The van der Waals surface area contributed by atoms with E-state index in [-0.39, 0.29) is 31.4 Å². The first-order valence-corrected chi connectivity index (χ1v) is 7.63. The highest BCUT2D eigenvalue weighted by Crippen LogP contribution is 2.25. The molecule has 0 aliphatic carbocycles. The standard InChI is InChI=1S/C15H17FN2O3S/c16-11-3-4-13(14(8-11)21-6-5-19)17-10-15(20)18-9-12-2-1-7-22-12/h1-4,7-8,17,19H,5-6,9-10H2,(H,18,20). The third-order valence-corrected chi connectivity index (χ3v) is 3.65. The number of anilines is 1. The van der Waals surface area contributed by atoms with Crippen LogP contribution in [0.25, 0.3) is 0 Å². The van der Waals surface area contributed by atoms with Crippen molar-refractivity contribution in [2.45, 2.75) is 6.54 Å². The van der Waals surface area contributed by atoms with Crippen molar-refractivity contribution in [3.05, 3.63) is 46.4 Å². The van der Waals surface area contributed by atoms with Gasteiger partial charge in [-0.1, -0.05) is 6.07 Å². The van der Waals surface area contributed by atoms with E-state index in [4.69, 9.17) is 9.84 Å². The van der Waals surface area contributed by atoms with E-state index < -0.39 is 5.82 Å². The van der Waals surface area contributed by atoms with Crippen LogP contribution in [0.15, 0.2) is 35.7 Å². The highest BCUT2D eigenvalue weighted by Gasteiger charge is 2.08. The average Bonchev–Trinajstić information content (AvgIpc) is 3.03. The maximum absolute atomic E-state index is 13.2. The lowest BCUT2D eigenvalue weighted by Crippen LogP contribution is -2.29. The molecule has 22 heavy (non-hydrogen) atoms. The van der Waals surface area contributed by atoms with Gasteiger partial charge in [-0.25, -0.2) is 4.39 Å². The number of nitrogens with one attached hydrogen (secondary N) is 2. The van der Waals surface area contributed by atoms with Gasteiger partial charge in [0, 0.05) is 10.9 Å². The van der Waals surface area contributed by atoms with Gasteiger partial charge in [-0.2, -0.15) is 0 Å². The summed E-state index contributed by atoms with van der Waals surface area (Å²) in [5.41, 5.74) is 0.501. The number of carbonyl (C=O) groups excluding carboxylic acids is 1. The Bertz CT molecular complexity index is 605. The molecule has 118 valence electrons. The molecule has 0 aliphatic rings. The van der Waals surface area contributed by atoms with Crippen LogP contribution in [0.3, 0.4) is 0 Å². The molecule has 0 unspecified atom stereocenters. The Hall–Kier alpha value is -2.12. The largest absolute Gasteiger partial charge is 0.489 e. The number of benzene rings is 1. The summed E-state index contributed by atoms with van der Waals surface area (Å²) in [6.45, 7) is 0.419. The molecule has 1 amide bonds. The van der Waals surface area contributed by atoms with Gasteiger partial charge in [-0.15, -0.1) is 11.3 Å². The van der Waals surface area contributed by atoms with Crippen molar-refractivity contribution in [1.82, 2.24) is 5.32 Å². The number of rotatable bonds is 8. The molecule has 2 rings (SSSR count). The second-order valence-corrected chi connectivity index (χ2v) is 5.45. The summed E-state index contributed by atoms with van der Waals surface area (Å²) < 4.78 is 18.4. The summed E-state index contributed by atoms with van der Waals surface area (Å²) in [5.74, 6) is -0.355. The van der Waals surface area contributed by atoms with Gasteiger partial charge in [0.25, 0.3) is 0 Å². The summed E-state index contributed by atoms with van der Waals surface area (Å²) in [6, 6.07) is 7.85. The van der Waals surface area contributed by atoms with Crippen LogP contribution in [-0.4, -0.2) is 30.8 Å². The molecule has 0 radical (unpaired) electrons. The van der Waals surface area contributed by atoms with E-state index in [1.54, 1.807) is 11.3 Å². The molecule has 7 heteroatoms. The van der Waals surface area contributed by atoms with E-state index in [1.165, 1.54) is 18.2 Å². The maximum atomic E-state index is 13.2. The molecule has 0 spiro atoms. The molecule has 0 saturated carbocycles. The minimum atomic E-state index is -0.444. The van der Waals surface area contributed by atoms with Crippen LogP contribution >= 0.6 is 11.3 Å². The number of ether oxygens (including phenoxy) is 1. The lowest BCUT2D eigenvalue weighted by molar-refractivity contribution is -0.119. The lowest BCUT2D eigenvalue weighted by Gasteiger charge is -2.12. The van der Waals surface area contributed by atoms with Crippen LogP contribution in [0.2, 0.25) is 0 Å². The first-order valence-electron chi connectivity index (χ1n) is 6.75. The van der Waals surface area contributed by atoms with Crippen molar-refractivity contribution in [1.29, 1.82) is 0 Å². The number of amides is 1. The molecule has 0 bridgehead atoms. The lowest BCUT2D eigenvalue weighted by atomic mass is 10.2.